The van der Waals surface area contributed by atoms with Gasteiger partial charge in [-0.15, -0.1) is 0 Å². The molecule has 0 fully saturated rings. The predicted octanol–water partition coefficient (Wildman–Crippen LogP) is 3.55. The van der Waals surface area contributed by atoms with Gasteiger partial charge < -0.3 is 5.32 Å². The number of nitrogens with one attached hydrogen (secondary N) is 1. The van der Waals surface area contributed by atoms with Gasteiger partial charge in [-0.25, -0.2) is 0 Å². The maximum atomic E-state index is 12.4. The van der Waals surface area contributed by atoms with Crippen molar-refractivity contribution in [2.45, 2.75) is 38.9 Å². The van der Waals surface area contributed by atoms with E-state index < -0.39 is 11.7 Å². The lowest BCUT2D eigenvalue weighted by Gasteiger charge is -2.17. The molecule has 0 aliphatic carbocycles. The van der Waals surface area contributed by atoms with E-state index in [2.05, 4.69) is 10.3 Å². The summed E-state index contributed by atoms with van der Waals surface area (Å²) in [5.74, 6) is 0. The number of aromatic nitrogens is 1. The first kappa shape index (κ1) is 14.0. The summed E-state index contributed by atoms with van der Waals surface area (Å²) in [6.45, 7) is 4.77. The summed E-state index contributed by atoms with van der Waals surface area (Å²) in [7, 11) is 0. The first-order chi connectivity index (χ1) is 7.99. The highest BCUT2D eigenvalue weighted by Gasteiger charge is 2.30. The van der Waals surface area contributed by atoms with Gasteiger partial charge in [0.05, 0.1) is 11.3 Å². The van der Waals surface area contributed by atoms with Crippen LogP contribution in [0.2, 0.25) is 0 Å². The Labute approximate surface area is 99.3 Å². The Morgan fingerprint density at radius 2 is 2.00 bits per heavy atom. The van der Waals surface area contributed by atoms with Gasteiger partial charge in [-0.05, 0) is 25.1 Å². The molecule has 0 aliphatic heterocycles. The Morgan fingerprint density at radius 1 is 1.29 bits per heavy atom. The Hall–Kier alpha value is -1.10. The van der Waals surface area contributed by atoms with Crippen LogP contribution in [0.1, 0.15) is 44.0 Å². The van der Waals surface area contributed by atoms with Crippen molar-refractivity contribution in [1.29, 1.82) is 0 Å². The third-order valence-electron chi connectivity index (χ3n) is 2.50. The third kappa shape index (κ3) is 4.00. The Morgan fingerprint density at radius 3 is 2.41 bits per heavy atom. The summed E-state index contributed by atoms with van der Waals surface area (Å²) in [6, 6.07) is 2.57. The Kier molecular flexibility index (Phi) is 4.93. The van der Waals surface area contributed by atoms with Crippen LogP contribution in [-0.4, -0.2) is 11.5 Å². The highest BCUT2D eigenvalue weighted by Crippen LogP contribution is 2.29. The second kappa shape index (κ2) is 6.00. The topological polar surface area (TPSA) is 24.9 Å². The van der Waals surface area contributed by atoms with E-state index in [0.29, 0.717) is 5.69 Å². The molecule has 5 heteroatoms. The molecular formula is C12H17F3N2. The summed E-state index contributed by atoms with van der Waals surface area (Å²) in [6.07, 6.45) is -1.59. The van der Waals surface area contributed by atoms with Gasteiger partial charge in [0.25, 0.3) is 0 Å². The quantitative estimate of drug-likeness (QED) is 0.859. The molecule has 1 N–H and O–H groups in total. The fraction of sp³-hybridized carbons (Fsp3) is 0.583. The third-order valence-corrected chi connectivity index (χ3v) is 2.50. The van der Waals surface area contributed by atoms with Crippen LogP contribution in [0.15, 0.2) is 18.3 Å². The molecule has 1 unspecified atom stereocenters. The number of hydrogen-bond donors (Lipinski definition) is 1. The zero-order valence-electron chi connectivity index (χ0n) is 10.0. The van der Waals surface area contributed by atoms with Gasteiger partial charge in [-0.3, -0.25) is 4.98 Å². The molecule has 0 bridgehead atoms. The van der Waals surface area contributed by atoms with Crippen LogP contribution in [0.25, 0.3) is 0 Å². The van der Waals surface area contributed by atoms with E-state index >= 15 is 0 Å². The van der Waals surface area contributed by atoms with Gasteiger partial charge in [-0.1, -0.05) is 20.3 Å². The minimum atomic E-state index is -4.32. The lowest BCUT2D eigenvalue weighted by atomic mass is 10.1. The fourth-order valence-corrected chi connectivity index (χ4v) is 1.67. The van der Waals surface area contributed by atoms with Gasteiger partial charge >= 0.3 is 6.18 Å². The van der Waals surface area contributed by atoms with Crippen molar-refractivity contribution >= 4 is 0 Å². The molecule has 0 saturated heterocycles. The van der Waals surface area contributed by atoms with Gasteiger partial charge in [0.15, 0.2) is 0 Å². The van der Waals surface area contributed by atoms with Crippen molar-refractivity contribution in [3.63, 3.8) is 0 Å². The first-order valence-electron chi connectivity index (χ1n) is 5.75. The second-order valence-corrected chi connectivity index (χ2v) is 3.87. The largest absolute Gasteiger partial charge is 0.417 e. The molecule has 1 aromatic rings. The molecule has 0 saturated carbocycles. The van der Waals surface area contributed by atoms with Gasteiger partial charge in [0.2, 0.25) is 0 Å². The van der Waals surface area contributed by atoms with Crippen molar-refractivity contribution in [2.24, 2.45) is 0 Å². The van der Waals surface area contributed by atoms with Crippen molar-refractivity contribution < 1.29 is 13.2 Å². The summed E-state index contributed by atoms with van der Waals surface area (Å²) in [4.78, 5) is 3.90. The zero-order chi connectivity index (χ0) is 12.9. The zero-order valence-corrected chi connectivity index (χ0v) is 10.0. The lowest BCUT2D eigenvalue weighted by molar-refractivity contribution is -0.137. The number of hydrogen-bond acceptors (Lipinski definition) is 2. The number of rotatable bonds is 5. The van der Waals surface area contributed by atoms with E-state index in [9.17, 15) is 13.2 Å². The molecule has 17 heavy (non-hydrogen) atoms. The molecule has 1 rings (SSSR count). The summed E-state index contributed by atoms with van der Waals surface area (Å²) in [5, 5.41) is 3.21. The first-order valence-corrected chi connectivity index (χ1v) is 5.75. The minimum absolute atomic E-state index is 0.0345. The second-order valence-electron chi connectivity index (χ2n) is 3.87. The molecule has 0 aliphatic rings. The monoisotopic (exact) mass is 246 g/mol. The van der Waals surface area contributed by atoms with Gasteiger partial charge in [0, 0.05) is 12.2 Å². The van der Waals surface area contributed by atoms with E-state index in [1.165, 1.54) is 6.07 Å². The average molecular weight is 246 g/mol. The maximum absolute atomic E-state index is 12.4. The average Bonchev–Trinajstić information content (AvgIpc) is 2.28. The fourth-order valence-electron chi connectivity index (χ4n) is 1.67. The van der Waals surface area contributed by atoms with Crippen LogP contribution < -0.4 is 5.32 Å². The molecule has 0 amide bonds. The van der Waals surface area contributed by atoms with Crippen LogP contribution in [0.3, 0.4) is 0 Å². The standard InChI is InChI=1S/C12H17F3N2/c1-3-5-10(16-4-2)11-7-6-9(8-17-11)12(13,14)15/h6-8,10,16H,3-5H2,1-2H3. The lowest BCUT2D eigenvalue weighted by Crippen LogP contribution is -2.22. The maximum Gasteiger partial charge on any atom is 0.417 e. The van der Waals surface area contributed by atoms with E-state index in [1.54, 1.807) is 0 Å². The molecule has 0 radical (unpaired) electrons. The summed E-state index contributed by atoms with van der Waals surface area (Å²) in [5.41, 5.74) is -0.0327. The van der Waals surface area contributed by atoms with Crippen molar-refractivity contribution in [1.82, 2.24) is 10.3 Å². The van der Waals surface area contributed by atoms with E-state index in [4.69, 9.17) is 0 Å². The molecule has 0 spiro atoms. The molecule has 1 aromatic heterocycles. The van der Waals surface area contributed by atoms with Gasteiger partial charge in [0.1, 0.15) is 0 Å². The van der Waals surface area contributed by atoms with E-state index in [1.807, 2.05) is 13.8 Å². The molecule has 1 heterocycles. The highest BCUT2D eigenvalue weighted by atomic mass is 19.4. The minimum Gasteiger partial charge on any atom is -0.309 e. The molecule has 2 nitrogen and oxygen atoms in total. The highest BCUT2D eigenvalue weighted by molar-refractivity contribution is 5.18. The summed E-state index contributed by atoms with van der Waals surface area (Å²) < 4.78 is 37.1. The van der Waals surface area contributed by atoms with Crippen LogP contribution in [-0.2, 0) is 6.18 Å². The van der Waals surface area contributed by atoms with Crippen molar-refractivity contribution in [3.05, 3.63) is 29.6 Å². The van der Waals surface area contributed by atoms with E-state index in [-0.39, 0.29) is 6.04 Å². The van der Waals surface area contributed by atoms with E-state index in [0.717, 1.165) is 31.6 Å². The smallest absolute Gasteiger partial charge is 0.309 e. The normalized spacial score (nSPS) is 13.7. The molecule has 0 aromatic carbocycles. The van der Waals surface area contributed by atoms with Crippen LogP contribution in [0.4, 0.5) is 13.2 Å². The van der Waals surface area contributed by atoms with Crippen LogP contribution >= 0.6 is 0 Å². The number of nitrogens with zero attached hydrogens (tertiary/aromatic N) is 1. The number of alkyl halides is 3. The number of pyridine rings is 1. The van der Waals surface area contributed by atoms with Crippen LogP contribution in [0.5, 0.6) is 0 Å². The van der Waals surface area contributed by atoms with Gasteiger partial charge in [-0.2, -0.15) is 13.2 Å². The Balaban J connectivity index is 2.84. The molecule has 1 atom stereocenters. The predicted molar refractivity (Wildman–Crippen MR) is 60.6 cm³/mol. The molecule has 96 valence electrons. The Bertz CT molecular complexity index is 327. The van der Waals surface area contributed by atoms with Crippen molar-refractivity contribution in [3.8, 4) is 0 Å². The summed E-state index contributed by atoms with van der Waals surface area (Å²) >= 11 is 0. The van der Waals surface area contributed by atoms with Crippen molar-refractivity contribution in [2.75, 3.05) is 6.54 Å². The SMILES string of the molecule is CCCC(NCC)c1ccc(C(F)(F)F)cn1. The number of halogens is 3. The molecular weight excluding hydrogens is 229 g/mol. The van der Waals surface area contributed by atoms with Crippen LogP contribution in [0, 0.1) is 0 Å².